The molecule has 0 aliphatic rings. The highest BCUT2D eigenvalue weighted by molar-refractivity contribution is 7.69. The van der Waals surface area contributed by atoms with E-state index < -0.39 is 18.8 Å². The lowest BCUT2D eigenvalue weighted by molar-refractivity contribution is 0.0635. The lowest BCUT2D eigenvalue weighted by Gasteiger charge is -2.20. The van der Waals surface area contributed by atoms with Gasteiger partial charge >= 0.3 is 6.09 Å². The normalized spacial score (nSPS) is 11.9. The number of nitrogens with zero attached hydrogens (tertiary/aromatic N) is 1. The van der Waals surface area contributed by atoms with Gasteiger partial charge < -0.3 is 14.0 Å². The molecule has 6 nitrogen and oxygen atoms in total. The van der Waals surface area contributed by atoms with Gasteiger partial charge in [0.2, 0.25) is 5.88 Å². The van der Waals surface area contributed by atoms with Crippen molar-refractivity contribution in [1.29, 1.82) is 0 Å². The van der Waals surface area contributed by atoms with Crippen LogP contribution in [0.1, 0.15) is 20.8 Å². The second kappa shape index (κ2) is 5.83. The molecule has 0 aromatic carbocycles. The fraction of sp³-hybridized carbons (Fsp3) is 0.538. The van der Waals surface area contributed by atoms with Crippen LogP contribution in [0.25, 0.3) is 0 Å². The van der Waals surface area contributed by atoms with Crippen LogP contribution in [0.3, 0.4) is 0 Å². The van der Waals surface area contributed by atoms with E-state index in [1.54, 1.807) is 46.2 Å². The van der Waals surface area contributed by atoms with E-state index in [9.17, 15) is 9.36 Å². The fourth-order valence-corrected chi connectivity index (χ4v) is 2.16. The number of methoxy groups -OCH3 is 1. The summed E-state index contributed by atoms with van der Waals surface area (Å²) in [5, 5.41) is 2.56. The highest BCUT2D eigenvalue weighted by Gasteiger charge is 2.20. The SMILES string of the molecule is COc1nc(P(C)(C)=O)ccc1NC(=O)OC(C)(C)C. The van der Waals surface area contributed by atoms with Crippen LogP contribution in [-0.2, 0) is 9.30 Å². The van der Waals surface area contributed by atoms with Crippen molar-refractivity contribution in [2.45, 2.75) is 26.4 Å². The summed E-state index contributed by atoms with van der Waals surface area (Å²) in [7, 11) is -1.05. The second-order valence-electron chi connectivity index (χ2n) is 5.70. The molecule has 0 radical (unpaired) electrons. The van der Waals surface area contributed by atoms with Gasteiger partial charge in [0.05, 0.1) is 7.11 Å². The Labute approximate surface area is 119 Å². The van der Waals surface area contributed by atoms with Crippen LogP contribution in [0.4, 0.5) is 10.5 Å². The van der Waals surface area contributed by atoms with Crippen molar-refractivity contribution in [3.8, 4) is 5.88 Å². The van der Waals surface area contributed by atoms with Crippen LogP contribution in [0, 0.1) is 0 Å². The number of carbonyl (C=O) groups excluding carboxylic acids is 1. The lowest BCUT2D eigenvalue weighted by atomic mass is 10.2. The molecule has 0 atom stereocenters. The molecule has 0 unspecified atom stereocenters. The van der Waals surface area contributed by atoms with E-state index >= 15 is 0 Å². The number of ether oxygens (including phenoxy) is 2. The van der Waals surface area contributed by atoms with Crippen LogP contribution < -0.4 is 15.5 Å². The molecular weight excluding hydrogens is 279 g/mol. The Kier molecular flexibility index (Phi) is 4.81. The minimum Gasteiger partial charge on any atom is -0.479 e. The first kappa shape index (κ1) is 16.5. The summed E-state index contributed by atoms with van der Waals surface area (Å²) < 4.78 is 22.2. The van der Waals surface area contributed by atoms with Gasteiger partial charge in [0.1, 0.15) is 23.9 Å². The molecule has 1 amide bonds. The summed E-state index contributed by atoms with van der Waals surface area (Å²) >= 11 is 0. The van der Waals surface area contributed by atoms with E-state index in [0.717, 1.165) is 0 Å². The molecule has 20 heavy (non-hydrogen) atoms. The molecule has 0 saturated carbocycles. The third kappa shape index (κ3) is 4.85. The Hall–Kier alpha value is -1.55. The van der Waals surface area contributed by atoms with Gasteiger partial charge in [-0.3, -0.25) is 5.32 Å². The number of pyridine rings is 1. The Morgan fingerprint density at radius 2 is 1.90 bits per heavy atom. The maximum absolute atomic E-state index is 12.0. The summed E-state index contributed by atoms with van der Waals surface area (Å²) in [6.07, 6.45) is -0.596. The van der Waals surface area contributed by atoms with Crippen molar-refractivity contribution in [3.05, 3.63) is 12.1 Å². The maximum atomic E-state index is 12.0. The van der Waals surface area contributed by atoms with Crippen LogP contribution in [-0.4, -0.2) is 37.1 Å². The monoisotopic (exact) mass is 300 g/mol. The summed E-state index contributed by atoms with van der Waals surface area (Å²) in [6, 6.07) is 3.21. The predicted octanol–water partition coefficient (Wildman–Crippen LogP) is 2.69. The number of hydrogen-bond donors (Lipinski definition) is 1. The van der Waals surface area contributed by atoms with Crippen molar-refractivity contribution in [3.63, 3.8) is 0 Å². The predicted molar refractivity (Wildman–Crippen MR) is 79.7 cm³/mol. The first-order chi connectivity index (χ1) is 9.03. The molecule has 112 valence electrons. The lowest BCUT2D eigenvalue weighted by Crippen LogP contribution is -2.27. The van der Waals surface area contributed by atoms with Gasteiger partial charge in [-0.2, -0.15) is 0 Å². The van der Waals surface area contributed by atoms with E-state index in [4.69, 9.17) is 9.47 Å². The molecule has 0 bridgehead atoms. The van der Waals surface area contributed by atoms with Crippen molar-refractivity contribution in [2.75, 3.05) is 25.8 Å². The summed E-state index contributed by atoms with van der Waals surface area (Å²) in [5.74, 6) is 0.206. The van der Waals surface area contributed by atoms with Gasteiger partial charge in [0.15, 0.2) is 0 Å². The fourth-order valence-electron chi connectivity index (χ4n) is 1.39. The van der Waals surface area contributed by atoms with Gasteiger partial charge in [-0.05, 0) is 46.2 Å². The maximum Gasteiger partial charge on any atom is 0.412 e. The van der Waals surface area contributed by atoms with E-state index in [2.05, 4.69) is 10.3 Å². The topological polar surface area (TPSA) is 77.5 Å². The molecule has 0 aliphatic carbocycles. The first-order valence-corrected chi connectivity index (χ1v) is 8.73. The van der Waals surface area contributed by atoms with Crippen molar-refractivity contribution >= 4 is 24.4 Å². The molecular formula is C13H21N2O4P. The summed E-state index contributed by atoms with van der Waals surface area (Å²) in [4.78, 5) is 15.9. The molecule has 1 aromatic rings. The zero-order chi connectivity index (χ0) is 15.6. The highest BCUT2D eigenvalue weighted by atomic mass is 31.2. The van der Waals surface area contributed by atoms with Crippen LogP contribution in [0.15, 0.2) is 12.1 Å². The first-order valence-electron chi connectivity index (χ1n) is 6.13. The Morgan fingerprint density at radius 3 is 2.35 bits per heavy atom. The average molecular weight is 300 g/mol. The smallest absolute Gasteiger partial charge is 0.412 e. The molecule has 1 aromatic heterocycles. The van der Waals surface area contributed by atoms with E-state index in [1.165, 1.54) is 7.11 Å². The third-order valence-corrected chi connectivity index (χ3v) is 3.58. The Balaban J connectivity index is 2.97. The average Bonchev–Trinajstić information content (AvgIpc) is 2.25. The van der Waals surface area contributed by atoms with Gasteiger partial charge in [0, 0.05) is 0 Å². The van der Waals surface area contributed by atoms with Gasteiger partial charge in [-0.25, -0.2) is 9.78 Å². The van der Waals surface area contributed by atoms with E-state index in [0.29, 0.717) is 11.1 Å². The Morgan fingerprint density at radius 1 is 1.30 bits per heavy atom. The third-order valence-electron chi connectivity index (χ3n) is 2.23. The summed E-state index contributed by atoms with van der Waals surface area (Å²) in [5.41, 5.74) is 0.232. The zero-order valence-corrected chi connectivity index (χ0v) is 13.6. The van der Waals surface area contributed by atoms with Gasteiger partial charge in [0.25, 0.3) is 0 Å². The molecule has 0 saturated heterocycles. The van der Waals surface area contributed by atoms with Gasteiger partial charge in [-0.15, -0.1) is 0 Å². The number of nitrogens with one attached hydrogen (secondary N) is 1. The number of aromatic nitrogens is 1. The minimum absolute atomic E-state index is 0.206. The molecule has 0 fully saturated rings. The minimum atomic E-state index is -2.48. The van der Waals surface area contributed by atoms with Crippen LogP contribution in [0.5, 0.6) is 5.88 Å². The molecule has 1 heterocycles. The standard InChI is InChI=1S/C13H21N2O4P/c1-13(2,3)19-12(16)14-9-7-8-10(20(5,6)17)15-11(9)18-4/h7-8H,1-6H3,(H,14,16). The number of amides is 1. The molecule has 0 aliphatic heterocycles. The van der Waals surface area contributed by atoms with Gasteiger partial charge in [-0.1, -0.05) is 0 Å². The van der Waals surface area contributed by atoms with E-state index in [1.807, 2.05) is 0 Å². The Bertz CT molecular complexity index is 546. The zero-order valence-electron chi connectivity index (χ0n) is 12.7. The second-order valence-corrected chi connectivity index (χ2v) is 8.86. The van der Waals surface area contributed by atoms with Crippen molar-refractivity contribution < 1.29 is 18.8 Å². The number of rotatable bonds is 3. The van der Waals surface area contributed by atoms with E-state index in [-0.39, 0.29) is 5.88 Å². The number of anilines is 1. The van der Waals surface area contributed by atoms with Crippen molar-refractivity contribution in [1.82, 2.24) is 4.98 Å². The quantitative estimate of drug-likeness (QED) is 0.868. The molecule has 0 spiro atoms. The molecule has 1 N–H and O–H groups in total. The molecule has 1 rings (SSSR count). The highest BCUT2D eigenvalue weighted by Crippen LogP contribution is 2.35. The van der Waals surface area contributed by atoms with Crippen molar-refractivity contribution in [2.24, 2.45) is 0 Å². The van der Waals surface area contributed by atoms with Crippen LogP contribution >= 0.6 is 7.14 Å². The number of carbonyl (C=O) groups is 1. The van der Waals surface area contributed by atoms with Crippen LogP contribution in [0.2, 0.25) is 0 Å². The summed E-state index contributed by atoms with van der Waals surface area (Å²) in [6.45, 7) is 8.56. The molecule has 7 heteroatoms. The number of hydrogen-bond acceptors (Lipinski definition) is 5. The largest absolute Gasteiger partial charge is 0.479 e.